The van der Waals surface area contributed by atoms with Crippen LogP contribution < -0.4 is 5.32 Å². The third-order valence-corrected chi connectivity index (χ3v) is 9.29. The van der Waals surface area contributed by atoms with Crippen LogP contribution in [0.15, 0.2) is 18.2 Å². The zero-order valence-corrected chi connectivity index (χ0v) is 20.6. The Morgan fingerprint density at radius 2 is 1.82 bits per heavy atom. The molecule has 5 aliphatic carbocycles. The average Bonchev–Trinajstić information content (AvgIpc) is 2.82. The Labute approximate surface area is 202 Å². The van der Waals surface area contributed by atoms with Crippen molar-refractivity contribution in [1.82, 2.24) is 9.97 Å². The van der Waals surface area contributed by atoms with Crippen molar-refractivity contribution in [3.05, 3.63) is 40.7 Å². The number of nitrogens with zero attached hydrogens (tertiary/aromatic N) is 2. The second-order valence-electron chi connectivity index (χ2n) is 11.9. The molecule has 5 nitrogen and oxygen atoms in total. The van der Waals surface area contributed by atoms with Crippen LogP contribution in [-0.4, -0.2) is 21.0 Å². The van der Waals surface area contributed by atoms with Crippen molar-refractivity contribution < 1.29 is 9.90 Å². The van der Waals surface area contributed by atoms with Crippen molar-refractivity contribution in [3.63, 3.8) is 0 Å². The Hall–Kier alpha value is -2.27. The van der Waals surface area contributed by atoms with E-state index >= 15 is 0 Å². The van der Waals surface area contributed by atoms with Crippen LogP contribution in [0.2, 0.25) is 0 Å². The molecule has 0 saturated heterocycles. The summed E-state index contributed by atoms with van der Waals surface area (Å²) in [6.45, 7) is 4.09. The molecule has 1 aromatic carbocycles. The van der Waals surface area contributed by atoms with Crippen LogP contribution in [0.25, 0.3) is 11.3 Å². The predicted molar refractivity (Wildman–Crippen MR) is 133 cm³/mol. The van der Waals surface area contributed by atoms with Gasteiger partial charge >= 0.3 is 0 Å². The molecule has 1 heterocycles. The number of aliphatic hydroxyl groups is 1. The minimum absolute atomic E-state index is 0.0390. The van der Waals surface area contributed by atoms with Crippen LogP contribution in [0.4, 0.5) is 5.82 Å². The molecular weight excluding hydrogens is 422 g/mol. The summed E-state index contributed by atoms with van der Waals surface area (Å²) in [5.41, 5.74) is 6.59. The summed E-state index contributed by atoms with van der Waals surface area (Å²) >= 11 is 0. The average molecular weight is 460 g/mol. The van der Waals surface area contributed by atoms with Gasteiger partial charge in [0.15, 0.2) is 5.82 Å². The Kier molecular flexibility index (Phi) is 5.51. The fourth-order valence-electron chi connectivity index (χ4n) is 7.84. The molecule has 4 bridgehead atoms. The third kappa shape index (κ3) is 3.86. The van der Waals surface area contributed by atoms with Crippen LogP contribution in [0.5, 0.6) is 0 Å². The molecule has 4 fully saturated rings. The molecule has 2 aromatic rings. The lowest BCUT2D eigenvalue weighted by Crippen LogP contribution is -2.47. The van der Waals surface area contributed by atoms with Crippen LogP contribution >= 0.6 is 0 Å². The number of hydrogen-bond acceptors (Lipinski definition) is 4. The van der Waals surface area contributed by atoms with E-state index in [1.54, 1.807) is 0 Å². The lowest BCUT2D eigenvalue weighted by molar-refractivity contribution is -0.119. The van der Waals surface area contributed by atoms with Gasteiger partial charge in [-0.15, -0.1) is 0 Å². The molecule has 1 unspecified atom stereocenters. The highest BCUT2D eigenvalue weighted by Gasteiger charge is 2.51. The molecule has 0 aliphatic heterocycles. The molecule has 5 aliphatic rings. The number of anilines is 1. The Morgan fingerprint density at radius 3 is 2.47 bits per heavy atom. The number of rotatable bonds is 6. The van der Waals surface area contributed by atoms with Crippen molar-refractivity contribution >= 4 is 11.7 Å². The molecule has 180 valence electrons. The number of amides is 1. The lowest BCUT2D eigenvalue weighted by atomic mass is 9.48. The summed E-state index contributed by atoms with van der Waals surface area (Å²) < 4.78 is 0. The van der Waals surface area contributed by atoms with Crippen molar-refractivity contribution in [2.45, 2.75) is 84.7 Å². The Bertz CT molecular complexity index is 1090. The number of hydrogen-bond donors (Lipinski definition) is 2. The first-order valence-electron chi connectivity index (χ1n) is 13.4. The van der Waals surface area contributed by atoms with E-state index in [2.05, 4.69) is 24.4 Å². The second kappa shape index (κ2) is 8.44. The van der Waals surface area contributed by atoms with Crippen molar-refractivity contribution in [2.75, 3.05) is 5.32 Å². The summed E-state index contributed by atoms with van der Waals surface area (Å²) in [7, 11) is 0. The van der Waals surface area contributed by atoms with E-state index in [0.717, 1.165) is 71.6 Å². The SMILES string of the molecule is CCC(C)C(=O)Nc1nc2c(nc1CC13CC4CC(CC(C4)C1)C3)-c1ccc(CO)cc1CC2. The summed E-state index contributed by atoms with van der Waals surface area (Å²) in [5.74, 6) is 3.36. The number of nitrogens with one attached hydrogen (secondary N) is 1. The van der Waals surface area contributed by atoms with Crippen LogP contribution in [0, 0.1) is 29.1 Å². The van der Waals surface area contributed by atoms with Crippen molar-refractivity contribution in [1.29, 1.82) is 0 Å². The smallest absolute Gasteiger partial charge is 0.228 e. The first-order chi connectivity index (χ1) is 16.4. The summed E-state index contributed by atoms with van der Waals surface area (Å²) in [6, 6.07) is 6.20. The topological polar surface area (TPSA) is 75.1 Å². The van der Waals surface area contributed by atoms with E-state index in [4.69, 9.17) is 9.97 Å². The maximum atomic E-state index is 12.9. The molecule has 5 heteroatoms. The maximum absolute atomic E-state index is 12.9. The first-order valence-corrected chi connectivity index (χ1v) is 13.4. The maximum Gasteiger partial charge on any atom is 0.228 e. The van der Waals surface area contributed by atoms with Crippen LogP contribution in [0.1, 0.15) is 81.3 Å². The minimum Gasteiger partial charge on any atom is -0.392 e. The Balaban J connectivity index is 1.40. The van der Waals surface area contributed by atoms with Crippen LogP contribution in [-0.2, 0) is 30.7 Å². The van der Waals surface area contributed by atoms with Crippen molar-refractivity contribution in [3.8, 4) is 11.3 Å². The fourth-order valence-corrected chi connectivity index (χ4v) is 7.84. The van der Waals surface area contributed by atoms with E-state index in [0.29, 0.717) is 11.2 Å². The third-order valence-electron chi connectivity index (χ3n) is 9.29. The highest BCUT2D eigenvalue weighted by atomic mass is 16.3. The quantitative estimate of drug-likeness (QED) is 0.600. The Morgan fingerprint density at radius 1 is 1.12 bits per heavy atom. The normalized spacial score (nSPS) is 29.4. The largest absolute Gasteiger partial charge is 0.392 e. The molecule has 0 radical (unpaired) electrons. The number of aryl methyl sites for hydroxylation is 2. The zero-order valence-electron chi connectivity index (χ0n) is 20.6. The predicted octanol–water partition coefficient (Wildman–Crippen LogP) is 5.48. The van der Waals surface area contributed by atoms with Gasteiger partial charge in [0.2, 0.25) is 5.91 Å². The molecule has 2 N–H and O–H groups in total. The zero-order chi connectivity index (χ0) is 23.4. The summed E-state index contributed by atoms with van der Waals surface area (Å²) in [4.78, 5) is 23.2. The van der Waals surface area contributed by atoms with E-state index < -0.39 is 0 Å². The molecule has 0 spiro atoms. The van der Waals surface area contributed by atoms with E-state index in [9.17, 15) is 9.90 Å². The van der Waals surface area contributed by atoms with E-state index in [1.807, 2.05) is 13.0 Å². The number of benzene rings is 1. The molecule has 1 amide bonds. The summed E-state index contributed by atoms with van der Waals surface area (Å²) in [6.07, 6.45) is 11.7. The molecule has 4 saturated carbocycles. The van der Waals surface area contributed by atoms with Gasteiger partial charge in [-0.05, 0) is 98.5 Å². The first kappa shape index (κ1) is 22.2. The van der Waals surface area contributed by atoms with Crippen LogP contribution in [0.3, 0.4) is 0 Å². The van der Waals surface area contributed by atoms with Gasteiger partial charge in [0.05, 0.1) is 23.7 Å². The summed E-state index contributed by atoms with van der Waals surface area (Å²) in [5, 5.41) is 12.8. The number of aliphatic hydroxyl groups excluding tert-OH is 1. The highest BCUT2D eigenvalue weighted by molar-refractivity contribution is 5.92. The van der Waals surface area contributed by atoms with Gasteiger partial charge in [-0.3, -0.25) is 4.79 Å². The van der Waals surface area contributed by atoms with Gasteiger partial charge in [0.1, 0.15) is 0 Å². The molecule has 34 heavy (non-hydrogen) atoms. The monoisotopic (exact) mass is 459 g/mol. The number of fused-ring (bicyclic) bond motifs is 3. The van der Waals surface area contributed by atoms with E-state index in [-0.39, 0.29) is 18.4 Å². The molecular formula is C29H37N3O2. The number of aromatic nitrogens is 2. The molecule has 1 atom stereocenters. The van der Waals surface area contributed by atoms with Gasteiger partial charge < -0.3 is 10.4 Å². The van der Waals surface area contributed by atoms with E-state index in [1.165, 1.54) is 44.1 Å². The van der Waals surface area contributed by atoms with Gasteiger partial charge in [0, 0.05) is 11.5 Å². The molecule has 1 aromatic heterocycles. The second-order valence-corrected chi connectivity index (χ2v) is 11.9. The fraction of sp³-hybridized carbons (Fsp3) is 0.621. The van der Waals surface area contributed by atoms with Gasteiger partial charge in [-0.25, -0.2) is 9.97 Å². The van der Waals surface area contributed by atoms with Gasteiger partial charge in [-0.2, -0.15) is 0 Å². The standard InChI is InChI=1S/C29H37N3O2/c1-3-17(2)28(34)32-27-25(15-29-12-19-8-20(13-29)10-21(9-19)14-29)30-26-23-6-4-18(16-33)11-22(23)5-7-24(26)31-27/h4,6,11,17,19-21,33H,3,5,7-10,12-16H2,1-2H3,(H,31,32,34). The van der Waals surface area contributed by atoms with Gasteiger partial charge in [-0.1, -0.05) is 32.0 Å². The van der Waals surface area contributed by atoms with Gasteiger partial charge in [0.25, 0.3) is 0 Å². The molecule has 7 rings (SSSR count). The lowest BCUT2D eigenvalue weighted by Gasteiger charge is -2.57. The van der Waals surface area contributed by atoms with Crippen molar-refractivity contribution in [2.24, 2.45) is 29.1 Å². The highest BCUT2D eigenvalue weighted by Crippen LogP contribution is 2.61. The number of carbonyl (C=O) groups excluding carboxylic acids is 1. The minimum atomic E-state index is -0.0390. The number of carbonyl (C=O) groups is 1.